The maximum atomic E-state index is 11.9. The van der Waals surface area contributed by atoms with Crippen LogP contribution < -0.4 is 10.6 Å². The first-order valence-corrected chi connectivity index (χ1v) is 6.29. The lowest BCUT2D eigenvalue weighted by Crippen LogP contribution is -2.27. The Labute approximate surface area is 117 Å². The number of nitrogens with one attached hydrogen (secondary N) is 2. The Bertz CT molecular complexity index is 514. The maximum Gasteiger partial charge on any atom is 0.306 e. The Kier molecular flexibility index (Phi) is 5.71. The fourth-order valence-electron chi connectivity index (χ4n) is 1.57. The Morgan fingerprint density at radius 2 is 2.00 bits per heavy atom. The second kappa shape index (κ2) is 7.28. The fraction of sp³-hybridized carbons (Fsp3) is 0.357. The van der Waals surface area contributed by atoms with E-state index < -0.39 is 11.9 Å². The van der Waals surface area contributed by atoms with Crippen molar-refractivity contribution in [3.63, 3.8) is 0 Å². The van der Waals surface area contributed by atoms with E-state index in [0.29, 0.717) is 17.7 Å². The molecule has 0 aliphatic rings. The van der Waals surface area contributed by atoms with E-state index in [-0.39, 0.29) is 18.4 Å². The van der Waals surface area contributed by atoms with E-state index >= 15 is 0 Å². The molecule has 2 amide bonds. The average Bonchev–Trinajstić information content (AvgIpc) is 2.37. The maximum absolute atomic E-state index is 11.9. The standard InChI is InChI=1S/C14H18N2O4/c1-9(14(19)20)6-7-15-13(18)11-4-3-5-12(8-11)16-10(2)17/h3-5,8-9H,6-7H2,1-2H3,(H,15,18)(H,16,17)(H,19,20). The predicted octanol–water partition coefficient (Wildman–Crippen LogP) is 1.49. The summed E-state index contributed by atoms with van der Waals surface area (Å²) in [5.74, 6) is -1.89. The highest BCUT2D eigenvalue weighted by atomic mass is 16.4. The number of anilines is 1. The van der Waals surface area contributed by atoms with Crippen molar-refractivity contribution < 1.29 is 19.5 Å². The first-order valence-electron chi connectivity index (χ1n) is 6.29. The number of hydrogen-bond acceptors (Lipinski definition) is 3. The minimum absolute atomic E-state index is 0.210. The van der Waals surface area contributed by atoms with E-state index in [1.165, 1.54) is 6.92 Å². The van der Waals surface area contributed by atoms with Gasteiger partial charge < -0.3 is 15.7 Å². The normalized spacial score (nSPS) is 11.5. The Hall–Kier alpha value is -2.37. The third kappa shape index (κ3) is 5.09. The summed E-state index contributed by atoms with van der Waals surface area (Å²) in [6, 6.07) is 6.55. The van der Waals surface area contributed by atoms with Crippen LogP contribution in [0, 0.1) is 5.92 Å². The molecule has 0 saturated heterocycles. The average molecular weight is 278 g/mol. The van der Waals surface area contributed by atoms with Gasteiger partial charge in [0, 0.05) is 24.7 Å². The molecular formula is C14H18N2O4. The molecule has 1 rings (SSSR count). The molecule has 0 saturated carbocycles. The van der Waals surface area contributed by atoms with Crippen molar-refractivity contribution >= 4 is 23.5 Å². The van der Waals surface area contributed by atoms with Gasteiger partial charge in [-0.05, 0) is 24.6 Å². The van der Waals surface area contributed by atoms with Gasteiger partial charge in [-0.3, -0.25) is 14.4 Å². The molecular weight excluding hydrogens is 260 g/mol. The van der Waals surface area contributed by atoms with Crippen molar-refractivity contribution in [1.82, 2.24) is 5.32 Å². The number of benzene rings is 1. The zero-order valence-electron chi connectivity index (χ0n) is 11.5. The lowest BCUT2D eigenvalue weighted by Gasteiger charge is -2.09. The van der Waals surface area contributed by atoms with Gasteiger partial charge in [-0.25, -0.2) is 0 Å². The van der Waals surface area contributed by atoms with E-state index in [1.54, 1.807) is 31.2 Å². The van der Waals surface area contributed by atoms with Crippen LogP contribution in [-0.4, -0.2) is 29.4 Å². The quantitative estimate of drug-likeness (QED) is 0.734. The number of rotatable bonds is 6. The summed E-state index contributed by atoms with van der Waals surface area (Å²) in [6.45, 7) is 3.27. The van der Waals surface area contributed by atoms with Gasteiger partial charge in [0.2, 0.25) is 5.91 Å². The molecule has 0 aromatic heterocycles. The van der Waals surface area contributed by atoms with Crippen LogP contribution in [0.5, 0.6) is 0 Å². The van der Waals surface area contributed by atoms with Gasteiger partial charge in [-0.15, -0.1) is 0 Å². The number of carbonyl (C=O) groups is 3. The van der Waals surface area contributed by atoms with Crippen LogP contribution in [0.4, 0.5) is 5.69 Å². The number of aliphatic carboxylic acids is 1. The van der Waals surface area contributed by atoms with Crippen LogP contribution in [0.1, 0.15) is 30.6 Å². The summed E-state index contributed by atoms with van der Waals surface area (Å²) in [5, 5.41) is 14.0. The zero-order valence-corrected chi connectivity index (χ0v) is 11.5. The minimum atomic E-state index is -0.882. The van der Waals surface area contributed by atoms with Crippen molar-refractivity contribution in [2.24, 2.45) is 5.92 Å². The number of hydrogen-bond donors (Lipinski definition) is 3. The number of carbonyl (C=O) groups excluding carboxylic acids is 2. The van der Waals surface area contributed by atoms with Gasteiger partial charge >= 0.3 is 5.97 Å². The van der Waals surface area contributed by atoms with E-state index in [2.05, 4.69) is 10.6 Å². The largest absolute Gasteiger partial charge is 0.481 e. The van der Waals surface area contributed by atoms with Crippen LogP contribution in [0.25, 0.3) is 0 Å². The molecule has 20 heavy (non-hydrogen) atoms. The number of carboxylic acids is 1. The molecule has 0 bridgehead atoms. The summed E-state index contributed by atoms with van der Waals surface area (Å²) in [7, 11) is 0. The van der Waals surface area contributed by atoms with Crippen molar-refractivity contribution in [3.8, 4) is 0 Å². The summed E-state index contributed by atoms with van der Waals surface area (Å²) < 4.78 is 0. The van der Waals surface area contributed by atoms with Gasteiger partial charge in [0.1, 0.15) is 0 Å². The molecule has 0 heterocycles. The predicted molar refractivity (Wildman–Crippen MR) is 74.5 cm³/mol. The highest BCUT2D eigenvalue weighted by Gasteiger charge is 2.11. The van der Waals surface area contributed by atoms with E-state index in [9.17, 15) is 14.4 Å². The highest BCUT2D eigenvalue weighted by Crippen LogP contribution is 2.10. The molecule has 6 nitrogen and oxygen atoms in total. The smallest absolute Gasteiger partial charge is 0.306 e. The van der Waals surface area contributed by atoms with Gasteiger partial charge in [0.05, 0.1) is 5.92 Å². The summed E-state index contributed by atoms with van der Waals surface area (Å²) in [6.07, 6.45) is 0.368. The van der Waals surface area contributed by atoms with Crippen molar-refractivity contribution in [2.75, 3.05) is 11.9 Å². The third-order valence-electron chi connectivity index (χ3n) is 2.73. The second-order valence-corrected chi connectivity index (χ2v) is 4.55. The van der Waals surface area contributed by atoms with E-state index in [1.807, 2.05) is 0 Å². The molecule has 0 spiro atoms. The third-order valence-corrected chi connectivity index (χ3v) is 2.73. The van der Waals surface area contributed by atoms with Gasteiger partial charge in [-0.1, -0.05) is 13.0 Å². The number of carboxylic acid groups (broad SMARTS) is 1. The Morgan fingerprint density at radius 1 is 1.30 bits per heavy atom. The lowest BCUT2D eigenvalue weighted by atomic mass is 10.1. The Morgan fingerprint density at radius 3 is 2.60 bits per heavy atom. The molecule has 0 aliphatic carbocycles. The van der Waals surface area contributed by atoms with Crippen molar-refractivity contribution in [2.45, 2.75) is 20.3 Å². The molecule has 6 heteroatoms. The highest BCUT2D eigenvalue weighted by molar-refractivity contribution is 5.96. The molecule has 108 valence electrons. The topological polar surface area (TPSA) is 95.5 Å². The van der Waals surface area contributed by atoms with Crippen LogP contribution in [-0.2, 0) is 9.59 Å². The monoisotopic (exact) mass is 278 g/mol. The van der Waals surface area contributed by atoms with Crippen LogP contribution >= 0.6 is 0 Å². The summed E-state index contributed by atoms with van der Waals surface area (Å²) in [5.41, 5.74) is 0.961. The molecule has 1 aromatic carbocycles. The number of amides is 2. The summed E-state index contributed by atoms with van der Waals surface area (Å²) in [4.78, 5) is 33.4. The molecule has 3 N–H and O–H groups in total. The van der Waals surface area contributed by atoms with Crippen LogP contribution in [0.2, 0.25) is 0 Å². The molecule has 0 radical (unpaired) electrons. The Balaban J connectivity index is 2.55. The molecule has 0 aliphatic heterocycles. The van der Waals surface area contributed by atoms with Crippen LogP contribution in [0.3, 0.4) is 0 Å². The first kappa shape index (κ1) is 15.7. The lowest BCUT2D eigenvalue weighted by molar-refractivity contribution is -0.141. The first-order chi connectivity index (χ1) is 9.40. The van der Waals surface area contributed by atoms with E-state index in [0.717, 1.165) is 0 Å². The fourth-order valence-corrected chi connectivity index (χ4v) is 1.57. The van der Waals surface area contributed by atoms with Crippen LogP contribution in [0.15, 0.2) is 24.3 Å². The second-order valence-electron chi connectivity index (χ2n) is 4.55. The van der Waals surface area contributed by atoms with Gasteiger partial charge in [0.15, 0.2) is 0 Å². The van der Waals surface area contributed by atoms with E-state index in [4.69, 9.17) is 5.11 Å². The van der Waals surface area contributed by atoms with Crippen molar-refractivity contribution in [3.05, 3.63) is 29.8 Å². The minimum Gasteiger partial charge on any atom is -0.481 e. The van der Waals surface area contributed by atoms with Gasteiger partial charge in [-0.2, -0.15) is 0 Å². The molecule has 1 atom stereocenters. The van der Waals surface area contributed by atoms with Gasteiger partial charge in [0.25, 0.3) is 5.91 Å². The molecule has 1 unspecified atom stereocenters. The SMILES string of the molecule is CC(=O)Nc1cccc(C(=O)NCCC(C)C(=O)O)c1. The molecule has 1 aromatic rings. The summed E-state index contributed by atoms with van der Waals surface area (Å²) >= 11 is 0. The van der Waals surface area contributed by atoms with Crippen molar-refractivity contribution in [1.29, 1.82) is 0 Å². The molecule has 0 fully saturated rings. The zero-order chi connectivity index (χ0) is 15.1.